The molecule has 0 atom stereocenters. The van der Waals surface area contributed by atoms with Gasteiger partial charge in [0.15, 0.2) is 0 Å². The minimum Gasteiger partial charge on any atom is -0.340 e. The van der Waals surface area contributed by atoms with Crippen molar-refractivity contribution in [1.29, 1.82) is 0 Å². The summed E-state index contributed by atoms with van der Waals surface area (Å²) in [6.45, 7) is 1.68. The van der Waals surface area contributed by atoms with Crippen LogP contribution < -0.4 is 5.73 Å². The molecule has 0 unspecified atom stereocenters. The highest BCUT2D eigenvalue weighted by atomic mass is 35.5. The molecule has 0 aliphatic carbocycles. The molecule has 1 aliphatic rings. The lowest BCUT2D eigenvalue weighted by Gasteiger charge is -2.34. The van der Waals surface area contributed by atoms with Crippen LogP contribution in [0, 0.1) is 0 Å². The lowest BCUT2D eigenvalue weighted by Crippen LogP contribution is -2.50. The molecule has 2 rings (SSSR count). The molecule has 0 radical (unpaired) electrons. The van der Waals surface area contributed by atoms with Crippen LogP contribution in [0.15, 0.2) is 29.2 Å². The molecule has 9 heteroatoms. The van der Waals surface area contributed by atoms with Crippen molar-refractivity contribution in [3.8, 4) is 0 Å². The number of piperazine rings is 1. The quantitative estimate of drug-likeness (QED) is 0.858. The first-order valence-corrected chi connectivity index (χ1v) is 8.50. The molecule has 0 spiro atoms. The Labute approximate surface area is 141 Å². The Balaban J connectivity index is 0.00000242. The summed E-state index contributed by atoms with van der Waals surface area (Å²) < 4.78 is 26.3. The second-order valence-electron chi connectivity index (χ2n) is 4.78. The van der Waals surface area contributed by atoms with E-state index in [1.807, 2.05) is 0 Å². The number of hydrogen-bond donors (Lipinski definition) is 1. The number of halogens is 2. The Morgan fingerprint density at radius 2 is 1.68 bits per heavy atom. The number of sulfonamides is 1. The molecule has 1 aromatic rings. The molecule has 124 valence electrons. The third-order valence-electron chi connectivity index (χ3n) is 3.40. The average molecular weight is 368 g/mol. The summed E-state index contributed by atoms with van der Waals surface area (Å²) >= 11 is 5.77. The van der Waals surface area contributed by atoms with E-state index in [0.29, 0.717) is 44.2 Å². The second kappa shape index (κ2) is 8.12. The number of benzene rings is 1. The minimum atomic E-state index is -3.53. The van der Waals surface area contributed by atoms with Gasteiger partial charge in [-0.2, -0.15) is 4.31 Å². The Bertz CT molecular complexity index is 599. The van der Waals surface area contributed by atoms with Gasteiger partial charge in [0, 0.05) is 44.2 Å². The lowest BCUT2D eigenvalue weighted by atomic mass is 10.3. The van der Waals surface area contributed by atoms with Gasteiger partial charge in [-0.15, -0.1) is 12.4 Å². The molecular formula is C13H19Cl2N3O3S. The third kappa shape index (κ3) is 4.33. The van der Waals surface area contributed by atoms with Crippen LogP contribution in [0.3, 0.4) is 0 Å². The SMILES string of the molecule is Cl.NCCC(=O)N1CCN(S(=O)(=O)c2ccc(Cl)cc2)CC1. The van der Waals surface area contributed by atoms with E-state index in [9.17, 15) is 13.2 Å². The highest BCUT2D eigenvalue weighted by molar-refractivity contribution is 7.89. The highest BCUT2D eigenvalue weighted by Crippen LogP contribution is 2.19. The minimum absolute atomic E-state index is 0. The van der Waals surface area contributed by atoms with E-state index >= 15 is 0 Å². The molecule has 1 aliphatic heterocycles. The largest absolute Gasteiger partial charge is 0.340 e. The number of nitrogens with zero attached hydrogens (tertiary/aromatic N) is 2. The van der Waals surface area contributed by atoms with Crippen molar-refractivity contribution in [2.75, 3.05) is 32.7 Å². The average Bonchev–Trinajstić information content (AvgIpc) is 2.48. The first-order chi connectivity index (χ1) is 9.95. The van der Waals surface area contributed by atoms with Crippen molar-refractivity contribution in [3.05, 3.63) is 29.3 Å². The standard InChI is InChI=1S/C13H18ClN3O3S.ClH/c14-11-1-3-12(4-2-11)21(19,20)17-9-7-16(8-10-17)13(18)5-6-15;/h1-4H,5-10,15H2;1H. The predicted molar refractivity (Wildman–Crippen MR) is 87.7 cm³/mol. The molecule has 22 heavy (non-hydrogen) atoms. The fraction of sp³-hybridized carbons (Fsp3) is 0.462. The first-order valence-electron chi connectivity index (χ1n) is 6.68. The molecule has 0 bridgehead atoms. The molecule has 0 aromatic heterocycles. The normalized spacial score (nSPS) is 16.2. The Morgan fingerprint density at radius 3 is 2.18 bits per heavy atom. The predicted octanol–water partition coefficient (Wildman–Crippen LogP) is 0.944. The summed E-state index contributed by atoms with van der Waals surface area (Å²) in [5, 5.41) is 0.492. The van der Waals surface area contributed by atoms with Crippen molar-refractivity contribution >= 4 is 39.9 Å². The maximum Gasteiger partial charge on any atom is 0.243 e. The number of carbonyl (C=O) groups excluding carboxylic acids is 1. The fourth-order valence-corrected chi connectivity index (χ4v) is 3.76. The van der Waals surface area contributed by atoms with Crippen molar-refractivity contribution in [2.24, 2.45) is 5.73 Å². The molecule has 1 amide bonds. The number of nitrogens with two attached hydrogens (primary N) is 1. The third-order valence-corrected chi connectivity index (χ3v) is 5.57. The number of carbonyl (C=O) groups is 1. The van der Waals surface area contributed by atoms with E-state index in [4.69, 9.17) is 17.3 Å². The summed E-state index contributed by atoms with van der Waals surface area (Å²) in [5.41, 5.74) is 5.36. The summed E-state index contributed by atoms with van der Waals surface area (Å²) in [6.07, 6.45) is 0.296. The molecule has 0 saturated carbocycles. The molecule has 6 nitrogen and oxygen atoms in total. The summed E-state index contributed by atoms with van der Waals surface area (Å²) in [6, 6.07) is 6.08. The van der Waals surface area contributed by atoms with Gasteiger partial charge in [-0.3, -0.25) is 4.79 Å². The van der Waals surface area contributed by atoms with E-state index in [1.165, 1.54) is 16.4 Å². The van der Waals surface area contributed by atoms with Gasteiger partial charge in [-0.1, -0.05) is 11.6 Å². The zero-order chi connectivity index (χ0) is 15.5. The fourth-order valence-electron chi connectivity index (χ4n) is 2.22. The topological polar surface area (TPSA) is 83.7 Å². The van der Waals surface area contributed by atoms with Crippen LogP contribution >= 0.6 is 24.0 Å². The van der Waals surface area contributed by atoms with Gasteiger partial charge in [0.05, 0.1) is 4.90 Å². The molecular weight excluding hydrogens is 349 g/mol. The first kappa shape index (κ1) is 19.2. The van der Waals surface area contributed by atoms with Gasteiger partial charge in [-0.25, -0.2) is 8.42 Å². The van der Waals surface area contributed by atoms with Crippen LogP contribution in [-0.2, 0) is 14.8 Å². The van der Waals surface area contributed by atoms with Crippen LogP contribution in [-0.4, -0.2) is 56.3 Å². The van der Waals surface area contributed by atoms with E-state index in [1.54, 1.807) is 17.0 Å². The number of rotatable bonds is 4. The summed E-state index contributed by atoms with van der Waals surface area (Å²) in [7, 11) is -3.53. The Morgan fingerprint density at radius 1 is 1.14 bits per heavy atom. The second-order valence-corrected chi connectivity index (χ2v) is 7.15. The van der Waals surface area contributed by atoms with E-state index in [-0.39, 0.29) is 23.2 Å². The van der Waals surface area contributed by atoms with Crippen molar-refractivity contribution in [2.45, 2.75) is 11.3 Å². The Kier molecular flexibility index (Phi) is 7.08. The highest BCUT2D eigenvalue weighted by Gasteiger charge is 2.29. The van der Waals surface area contributed by atoms with Crippen LogP contribution in [0.1, 0.15) is 6.42 Å². The van der Waals surface area contributed by atoms with E-state index < -0.39 is 10.0 Å². The van der Waals surface area contributed by atoms with Crippen LogP contribution in [0.4, 0.5) is 0 Å². The van der Waals surface area contributed by atoms with Gasteiger partial charge in [0.2, 0.25) is 15.9 Å². The van der Waals surface area contributed by atoms with Crippen molar-refractivity contribution in [3.63, 3.8) is 0 Å². The monoisotopic (exact) mass is 367 g/mol. The summed E-state index contributed by atoms with van der Waals surface area (Å²) in [4.78, 5) is 13.6. The van der Waals surface area contributed by atoms with Gasteiger partial charge in [0.25, 0.3) is 0 Å². The van der Waals surface area contributed by atoms with Crippen molar-refractivity contribution < 1.29 is 13.2 Å². The summed E-state index contributed by atoms with van der Waals surface area (Å²) in [5.74, 6) is -0.0268. The van der Waals surface area contributed by atoms with Crippen LogP contribution in [0.5, 0.6) is 0 Å². The zero-order valence-electron chi connectivity index (χ0n) is 11.9. The van der Waals surface area contributed by atoms with Crippen LogP contribution in [0.25, 0.3) is 0 Å². The number of amides is 1. The smallest absolute Gasteiger partial charge is 0.243 e. The maximum atomic E-state index is 12.5. The van der Waals surface area contributed by atoms with Gasteiger partial charge in [0.1, 0.15) is 0 Å². The maximum absolute atomic E-state index is 12.5. The molecule has 1 heterocycles. The van der Waals surface area contributed by atoms with E-state index in [0.717, 1.165) is 0 Å². The van der Waals surface area contributed by atoms with Gasteiger partial charge in [-0.05, 0) is 24.3 Å². The molecule has 1 fully saturated rings. The van der Waals surface area contributed by atoms with Gasteiger partial charge >= 0.3 is 0 Å². The molecule has 1 aromatic carbocycles. The Hall–Kier alpha value is -0.860. The lowest BCUT2D eigenvalue weighted by molar-refractivity contribution is -0.132. The van der Waals surface area contributed by atoms with Crippen LogP contribution in [0.2, 0.25) is 5.02 Å². The van der Waals surface area contributed by atoms with E-state index in [2.05, 4.69) is 0 Å². The van der Waals surface area contributed by atoms with Gasteiger partial charge < -0.3 is 10.6 Å². The van der Waals surface area contributed by atoms with Crippen molar-refractivity contribution in [1.82, 2.24) is 9.21 Å². The number of hydrogen-bond acceptors (Lipinski definition) is 4. The zero-order valence-corrected chi connectivity index (χ0v) is 14.3. The molecule has 1 saturated heterocycles. The molecule has 2 N–H and O–H groups in total.